The lowest BCUT2D eigenvalue weighted by Gasteiger charge is -2.25. The Kier molecular flexibility index (Phi) is 4.34. The first-order valence-corrected chi connectivity index (χ1v) is 6.89. The van der Waals surface area contributed by atoms with Crippen LogP contribution in [0.3, 0.4) is 0 Å². The number of nitrogens with one attached hydrogen (secondary N) is 1. The minimum atomic E-state index is -0.156. The molecule has 15 heavy (non-hydrogen) atoms. The molecule has 0 aliphatic heterocycles. The molecule has 0 spiro atoms. The minimum Gasteiger partial charge on any atom is -0.346 e. The first-order chi connectivity index (χ1) is 6.96. The second-order valence-electron chi connectivity index (χ2n) is 4.21. The van der Waals surface area contributed by atoms with Crippen molar-refractivity contribution in [3.8, 4) is 0 Å². The van der Waals surface area contributed by atoms with Gasteiger partial charge in [0, 0.05) is 10.9 Å². The molecule has 0 atom stereocenters. The standard InChI is InChI=1S/C11H16BrNOS/c1-8-4-7-15-9(8)10(14)13-11(2,3)5-6-12/h4,7H,5-6H2,1-3H3,(H,13,14). The van der Waals surface area contributed by atoms with Gasteiger partial charge in [-0.1, -0.05) is 15.9 Å². The van der Waals surface area contributed by atoms with E-state index < -0.39 is 0 Å². The highest BCUT2D eigenvalue weighted by atomic mass is 79.9. The molecule has 0 unspecified atom stereocenters. The first kappa shape index (κ1) is 12.7. The lowest BCUT2D eigenvalue weighted by atomic mass is 10.0. The van der Waals surface area contributed by atoms with Crippen molar-refractivity contribution < 1.29 is 4.79 Å². The molecule has 1 amide bonds. The van der Waals surface area contributed by atoms with Crippen LogP contribution in [0.5, 0.6) is 0 Å². The van der Waals surface area contributed by atoms with Gasteiger partial charge in [0.15, 0.2) is 0 Å². The van der Waals surface area contributed by atoms with Crippen LogP contribution in [0.15, 0.2) is 11.4 Å². The molecule has 1 aromatic heterocycles. The van der Waals surface area contributed by atoms with E-state index in [1.807, 2.05) is 32.2 Å². The average Bonchev–Trinajstić information content (AvgIpc) is 2.50. The number of thiophene rings is 1. The Bertz CT molecular complexity index is 346. The Hall–Kier alpha value is -0.350. The highest BCUT2D eigenvalue weighted by molar-refractivity contribution is 9.09. The maximum Gasteiger partial charge on any atom is 0.262 e. The Labute approximate surface area is 103 Å². The Balaban J connectivity index is 2.68. The van der Waals surface area contributed by atoms with Gasteiger partial charge in [-0.2, -0.15) is 0 Å². The molecule has 2 nitrogen and oxygen atoms in total. The molecule has 1 heterocycles. The molecule has 0 aromatic carbocycles. The monoisotopic (exact) mass is 289 g/mol. The third-order valence-electron chi connectivity index (χ3n) is 2.24. The number of hydrogen-bond acceptors (Lipinski definition) is 2. The topological polar surface area (TPSA) is 29.1 Å². The van der Waals surface area contributed by atoms with Crippen molar-refractivity contribution in [1.82, 2.24) is 5.32 Å². The van der Waals surface area contributed by atoms with E-state index in [-0.39, 0.29) is 11.4 Å². The molecule has 0 aliphatic carbocycles. The molecule has 0 bridgehead atoms. The maximum atomic E-state index is 11.9. The first-order valence-electron chi connectivity index (χ1n) is 4.89. The predicted octanol–water partition coefficient (Wildman–Crippen LogP) is 3.35. The number of rotatable bonds is 4. The smallest absolute Gasteiger partial charge is 0.262 e. The molecular weight excluding hydrogens is 274 g/mol. The lowest BCUT2D eigenvalue weighted by Crippen LogP contribution is -2.43. The van der Waals surface area contributed by atoms with Crippen LogP contribution in [0.1, 0.15) is 35.5 Å². The Morgan fingerprint density at radius 1 is 1.60 bits per heavy atom. The van der Waals surface area contributed by atoms with E-state index in [1.165, 1.54) is 11.3 Å². The van der Waals surface area contributed by atoms with Crippen LogP contribution in [0, 0.1) is 6.92 Å². The van der Waals surface area contributed by atoms with E-state index in [0.29, 0.717) is 0 Å². The molecule has 0 aliphatic rings. The summed E-state index contributed by atoms with van der Waals surface area (Å²) in [5, 5.41) is 5.88. The van der Waals surface area contributed by atoms with Crippen molar-refractivity contribution in [3.05, 3.63) is 21.9 Å². The fourth-order valence-corrected chi connectivity index (χ4v) is 3.08. The summed E-state index contributed by atoms with van der Waals surface area (Å²) in [6.45, 7) is 6.03. The van der Waals surface area contributed by atoms with E-state index in [1.54, 1.807) is 0 Å². The molecule has 84 valence electrons. The van der Waals surface area contributed by atoms with Gasteiger partial charge in [0.25, 0.3) is 5.91 Å². The fourth-order valence-electron chi connectivity index (χ4n) is 1.27. The predicted molar refractivity (Wildman–Crippen MR) is 69.0 cm³/mol. The van der Waals surface area contributed by atoms with Crippen molar-refractivity contribution in [1.29, 1.82) is 0 Å². The summed E-state index contributed by atoms with van der Waals surface area (Å²) in [6.07, 6.45) is 0.920. The van der Waals surface area contributed by atoms with Crippen LogP contribution in [0.25, 0.3) is 0 Å². The van der Waals surface area contributed by atoms with Gasteiger partial charge in [-0.15, -0.1) is 11.3 Å². The van der Waals surface area contributed by atoms with Crippen molar-refractivity contribution in [2.75, 3.05) is 5.33 Å². The largest absolute Gasteiger partial charge is 0.346 e. The zero-order valence-corrected chi connectivity index (χ0v) is 11.7. The highest BCUT2D eigenvalue weighted by Gasteiger charge is 2.21. The van der Waals surface area contributed by atoms with E-state index in [0.717, 1.165) is 22.2 Å². The van der Waals surface area contributed by atoms with Gasteiger partial charge in [-0.3, -0.25) is 4.79 Å². The number of carbonyl (C=O) groups excluding carboxylic acids is 1. The van der Waals surface area contributed by atoms with Gasteiger partial charge in [-0.25, -0.2) is 0 Å². The third kappa shape index (κ3) is 3.61. The summed E-state index contributed by atoms with van der Waals surface area (Å²) >= 11 is 4.88. The molecule has 1 rings (SSSR count). The van der Waals surface area contributed by atoms with Crippen LogP contribution < -0.4 is 5.32 Å². The summed E-state index contributed by atoms with van der Waals surface area (Å²) in [6, 6.07) is 1.97. The van der Waals surface area contributed by atoms with Crippen molar-refractivity contribution in [3.63, 3.8) is 0 Å². The van der Waals surface area contributed by atoms with Crippen molar-refractivity contribution >= 4 is 33.2 Å². The molecule has 1 aromatic rings. The van der Waals surface area contributed by atoms with E-state index in [4.69, 9.17) is 0 Å². The van der Waals surface area contributed by atoms with Crippen molar-refractivity contribution in [2.45, 2.75) is 32.7 Å². The summed E-state index contributed by atoms with van der Waals surface area (Å²) in [7, 11) is 0. The normalized spacial score (nSPS) is 11.5. The second kappa shape index (κ2) is 5.12. The molecule has 0 radical (unpaired) electrons. The summed E-state index contributed by atoms with van der Waals surface area (Å²) < 4.78 is 0. The number of amides is 1. The van der Waals surface area contributed by atoms with Gasteiger partial charge < -0.3 is 5.32 Å². The van der Waals surface area contributed by atoms with E-state index in [9.17, 15) is 4.79 Å². The zero-order valence-electron chi connectivity index (χ0n) is 9.26. The molecule has 0 fully saturated rings. The number of aryl methyl sites for hydroxylation is 1. The van der Waals surface area contributed by atoms with Gasteiger partial charge >= 0.3 is 0 Å². The number of halogens is 1. The van der Waals surface area contributed by atoms with Crippen LogP contribution in [-0.4, -0.2) is 16.8 Å². The fraction of sp³-hybridized carbons (Fsp3) is 0.545. The SMILES string of the molecule is Cc1ccsc1C(=O)NC(C)(C)CCBr. The molecule has 0 saturated carbocycles. The highest BCUT2D eigenvalue weighted by Crippen LogP contribution is 2.18. The van der Waals surface area contributed by atoms with Crippen LogP contribution in [0.2, 0.25) is 0 Å². The molecule has 4 heteroatoms. The Morgan fingerprint density at radius 2 is 2.27 bits per heavy atom. The average molecular weight is 290 g/mol. The zero-order chi connectivity index (χ0) is 11.5. The number of carbonyl (C=O) groups is 1. The molecule has 1 N–H and O–H groups in total. The van der Waals surface area contributed by atoms with Crippen LogP contribution in [0.4, 0.5) is 0 Å². The minimum absolute atomic E-state index is 0.0356. The summed E-state index contributed by atoms with van der Waals surface area (Å²) in [5.41, 5.74) is 0.893. The van der Waals surface area contributed by atoms with Gasteiger partial charge in [0.1, 0.15) is 0 Å². The summed E-state index contributed by atoms with van der Waals surface area (Å²) in [5.74, 6) is 0.0356. The lowest BCUT2D eigenvalue weighted by molar-refractivity contribution is 0.0915. The molecular formula is C11H16BrNOS. The van der Waals surface area contributed by atoms with Crippen LogP contribution in [-0.2, 0) is 0 Å². The number of hydrogen-bond donors (Lipinski definition) is 1. The second-order valence-corrected chi connectivity index (χ2v) is 5.92. The quantitative estimate of drug-likeness (QED) is 0.847. The van der Waals surface area contributed by atoms with Crippen molar-refractivity contribution in [2.24, 2.45) is 0 Å². The Morgan fingerprint density at radius 3 is 2.73 bits per heavy atom. The number of alkyl halides is 1. The summed E-state index contributed by atoms with van der Waals surface area (Å²) in [4.78, 5) is 12.7. The van der Waals surface area contributed by atoms with Gasteiger partial charge in [0.05, 0.1) is 4.88 Å². The molecule has 0 saturated heterocycles. The van der Waals surface area contributed by atoms with E-state index in [2.05, 4.69) is 21.2 Å². The van der Waals surface area contributed by atoms with Crippen LogP contribution >= 0.6 is 27.3 Å². The maximum absolute atomic E-state index is 11.9. The van der Waals surface area contributed by atoms with E-state index >= 15 is 0 Å². The van der Waals surface area contributed by atoms with Gasteiger partial charge in [0.2, 0.25) is 0 Å². The third-order valence-corrected chi connectivity index (χ3v) is 3.65. The van der Waals surface area contributed by atoms with Gasteiger partial charge in [-0.05, 0) is 44.2 Å².